The Morgan fingerprint density at radius 1 is 0.969 bits per heavy atom. The van der Waals surface area contributed by atoms with E-state index in [1.54, 1.807) is 30.3 Å². The van der Waals surface area contributed by atoms with Crippen molar-refractivity contribution < 1.29 is 24.0 Å². The molecule has 0 unspecified atom stereocenters. The summed E-state index contributed by atoms with van der Waals surface area (Å²) in [5, 5.41) is 13.8. The first-order chi connectivity index (χ1) is 15.4. The van der Waals surface area contributed by atoms with Gasteiger partial charge in [-0.3, -0.25) is 19.7 Å². The third kappa shape index (κ3) is 4.55. The summed E-state index contributed by atoms with van der Waals surface area (Å²) in [6.07, 6.45) is -0.0356. The summed E-state index contributed by atoms with van der Waals surface area (Å²) in [6, 6.07) is 15.4. The van der Waals surface area contributed by atoms with Crippen molar-refractivity contribution in [2.24, 2.45) is 0 Å². The molecule has 0 aliphatic carbocycles. The molecule has 8 nitrogen and oxygen atoms in total. The molecular weight excluding hydrogens is 436 g/mol. The van der Waals surface area contributed by atoms with E-state index in [0.717, 1.165) is 0 Å². The molecule has 0 atom stereocenters. The zero-order valence-electron chi connectivity index (χ0n) is 16.7. The molecule has 0 radical (unpaired) electrons. The molecule has 0 bridgehead atoms. The third-order valence-corrected chi connectivity index (χ3v) is 5.16. The van der Waals surface area contributed by atoms with E-state index in [9.17, 15) is 19.7 Å². The zero-order chi connectivity index (χ0) is 22.7. The molecule has 0 saturated heterocycles. The number of carbonyl (C=O) groups is 2. The van der Waals surface area contributed by atoms with Crippen LogP contribution in [0.1, 0.15) is 21.5 Å². The predicted molar refractivity (Wildman–Crippen MR) is 118 cm³/mol. The fourth-order valence-electron chi connectivity index (χ4n) is 3.29. The summed E-state index contributed by atoms with van der Waals surface area (Å²) in [4.78, 5) is 36.2. The van der Waals surface area contributed by atoms with E-state index in [4.69, 9.17) is 21.1 Å². The van der Waals surface area contributed by atoms with E-state index in [-0.39, 0.29) is 39.7 Å². The van der Waals surface area contributed by atoms with Crippen LogP contribution in [-0.2, 0) is 11.2 Å². The number of hydrogen-bond donors (Lipinski definition) is 1. The van der Waals surface area contributed by atoms with Gasteiger partial charge in [0, 0.05) is 23.8 Å². The van der Waals surface area contributed by atoms with Crippen molar-refractivity contribution in [1.82, 2.24) is 0 Å². The Morgan fingerprint density at radius 3 is 2.28 bits per heavy atom. The first-order valence-corrected chi connectivity index (χ1v) is 10.1. The number of ether oxygens (including phenoxy) is 2. The molecule has 0 aromatic heterocycles. The monoisotopic (exact) mass is 452 g/mol. The van der Waals surface area contributed by atoms with Gasteiger partial charge in [0.2, 0.25) is 5.91 Å². The van der Waals surface area contributed by atoms with Gasteiger partial charge in [-0.1, -0.05) is 35.9 Å². The molecule has 1 heterocycles. The standard InChI is InChI=1S/C23H17ClN2O6/c24-18-4-2-1-3-16(18)23(28)17-12-20-21(32-10-9-31-20)13-19(17)25-22(27)11-14-5-7-15(8-6-14)26(29)30/h1-8,12-13H,9-11H2,(H,25,27). The van der Waals surface area contributed by atoms with Crippen LogP contribution < -0.4 is 14.8 Å². The summed E-state index contributed by atoms with van der Waals surface area (Å²) in [6.45, 7) is 0.694. The van der Waals surface area contributed by atoms with Gasteiger partial charge in [-0.2, -0.15) is 0 Å². The maximum Gasteiger partial charge on any atom is 0.269 e. The maximum absolute atomic E-state index is 13.2. The van der Waals surface area contributed by atoms with Gasteiger partial charge in [0.15, 0.2) is 17.3 Å². The number of benzene rings is 3. The van der Waals surface area contributed by atoms with E-state index < -0.39 is 10.8 Å². The lowest BCUT2D eigenvalue weighted by molar-refractivity contribution is -0.384. The molecule has 1 aliphatic rings. The van der Waals surface area contributed by atoms with Gasteiger partial charge in [0.05, 0.1) is 27.6 Å². The number of anilines is 1. The number of fused-ring (bicyclic) bond motifs is 1. The van der Waals surface area contributed by atoms with E-state index in [1.807, 2.05) is 0 Å². The molecule has 0 saturated carbocycles. The lowest BCUT2D eigenvalue weighted by atomic mass is 10.00. The Labute approximate surface area is 187 Å². The number of nitro benzene ring substituents is 1. The molecular formula is C23H17ClN2O6. The van der Waals surface area contributed by atoms with Crippen LogP contribution in [0.2, 0.25) is 5.02 Å². The van der Waals surface area contributed by atoms with Crippen LogP contribution in [0, 0.1) is 10.1 Å². The Morgan fingerprint density at radius 2 is 1.62 bits per heavy atom. The minimum absolute atomic E-state index is 0.0356. The number of amides is 1. The topological polar surface area (TPSA) is 108 Å². The number of carbonyl (C=O) groups excluding carboxylic acids is 2. The third-order valence-electron chi connectivity index (χ3n) is 4.83. The molecule has 162 valence electrons. The Kier molecular flexibility index (Phi) is 6.04. The van der Waals surface area contributed by atoms with Crippen LogP contribution >= 0.6 is 11.6 Å². The number of non-ortho nitro benzene ring substituents is 1. The van der Waals surface area contributed by atoms with Gasteiger partial charge in [0.25, 0.3) is 5.69 Å². The number of nitrogens with zero attached hydrogens (tertiary/aromatic N) is 1. The van der Waals surface area contributed by atoms with Crippen LogP contribution in [-0.4, -0.2) is 29.8 Å². The smallest absolute Gasteiger partial charge is 0.269 e. The second-order valence-corrected chi connectivity index (χ2v) is 7.41. The number of rotatable bonds is 6. The lowest BCUT2D eigenvalue weighted by Crippen LogP contribution is -2.20. The summed E-state index contributed by atoms with van der Waals surface area (Å²) in [5.41, 5.74) is 1.28. The van der Waals surface area contributed by atoms with Crippen molar-refractivity contribution >= 4 is 34.7 Å². The molecule has 1 N–H and O–H groups in total. The van der Waals surface area contributed by atoms with Gasteiger partial charge < -0.3 is 14.8 Å². The van der Waals surface area contributed by atoms with Crippen molar-refractivity contribution in [2.75, 3.05) is 18.5 Å². The van der Waals surface area contributed by atoms with Gasteiger partial charge >= 0.3 is 0 Å². The number of halogens is 1. The molecule has 0 fully saturated rings. The second-order valence-electron chi connectivity index (χ2n) is 7.00. The molecule has 0 spiro atoms. The highest BCUT2D eigenvalue weighted by molar-refractivity contribution is 6.35. The number of nitrogens with one attached hydrogen (secondary N) is 1. The molecule has 4 rings (SSSR count). The molecule has 3 aromatic rings. The Balaban J connectivity index is 1.63. The quantitative estimate of drug-likeness (QED) is 0.336. The van der Waals surface area contributed by atoms with Crippen molar-refractivity contribution in [3.05, 3.63) is 92.5 Å². The zero-order valence-corrected chi connectivity index (χ0v) is 17.4. The predicted octanol–water partition coefficient (Wildman–Crippen LogP) is 4.43. The van der Waals surface area contributed by atoms with Gasteiger partial charge in [-0.15, -0.1) is 0 Å². The fourth-order valence-corrected chi connectivity index (χ4v) is 3.51. The SMILES string of the molecule is O=C(Cc1ccc([N+](=O)[O-])cc1)Nc1cc2c(cc1C(=O)c1ccccc1Cl)OCCO2. The highest BCUT2D eigenvalue weighted by Gasteiger charge is 2.23. The summed E-state index contributed by atoms with van der Waals surface area (Å²) < 4.78 is 11.2. The van der Waals surface area contributed by atoms with Gasteiger partial charge in [-0.25, -0.2) is 0 Å². The molecule has 1 aliphatic heterocycles. The molecule has 32 heavy (non-hydrogen) atoms. The summed E-state index contributed by atoms with van der Waals surface area (Å²) in [5.74, 6) is 0.0413. The minimum atomic E-state index is -0.508. The van der Waals surface area contributed by atoms with Crippen molar-refractivity contribution in [2.45, 2.75) is 6.42 Å². The summed E-state index contributed by atoms with van der Waals surface area (Å²) in [7, 11) is 0. The van der Waals surface area contributed by atoms with Crippen LogP contribution in [0.15, 0.2) is 60.7 Å². The molecule has 3 aromatic carbocycles. The number of nitro groups is 1. The van der Waals surface area contributed by atoms with E-state index in [1.165, 1.54) is 30.3 Å². The number of ketones is 1. The average Bonchev–Trinajstić information content (AvgIpc) is 2.79. The van der Waals surface area contributed by atoms with Crippen LogP contribution in [0.4, 0.5) is 11.4 Å². The molecule has 9 heteroatoms. The second kappa shape index (κ2) is 9.07. The van der Waals surface area contributed by atoms with Gasteiger partial charge in [0.1, 0.15) is 13.2 Å². The Hall–Kier alpha value is -3.91. The highest BCUT2D eigenvalue weighted by atomic mass is 35.5. The fraction of sp³-hybridized carbons (Fsp3) is 0.130. The van der Waals surface area contributed by atoms with Crippen molar-refractivity contribution in [1.29, 1.82) is 0 Å². The van der Waals surface area contributed by atoms with Crippen LogP contribution in [0.25, 0.3) is 0 Å². The minimum Gasteiger partial charge on any atom is -0.486 e. The first-order valence-electron chi connectivity index (χ1n) is 9.68. The van der Waals surface area contributed by atoms with E-state index in [2.05, 4.69) is 5.32 Å². The largest absolute Gasteiger partial charge is 0.486 e. The average molecular weight is 453 g/mol. The van der Waals surface area contributed by atoms with Crippen molar-refractivity contribution in [3.63, 3.8) is 0 Å². The van der Waals surface area contributed by atoms with Crippen molar-refractivity contribution in [3.8, 4) is 11.5 Å². The molecule has 1 amide bonds. The first kappa shape index (κ1) is 21.3. The lowest BCUT2D eigenvalue weighted by Gasteiger charge is -2.21. The van der Waals surface area contributed by atoms with Crippen LogP contribution in [0.5, 0.6) is 11.5 Å². The Bertz CT molecular complexity index is 1210. The van der Waals surface area contributed by atoms with Crippen LogP contribution in [0.3, 0.4) is 0 Å². The van der Waals surface area contributed by atoms with E-state index >= 15 is 0 Å². The van der Waals surface area contributed by atoms with Gasteiger partial charge in [-0.05, 0) is 23.8 Å². The maximum atomic E-state index is 13.2. The normalized spacial score (nSPS) is 12.2. The van der Waals surface area contributed by atoms with E-state index in [0.29, 0.717) is 30.3 Å². The summed E-state index contributed by atoms with van der Waals surface area (Å²) >= 11 is 6.20. The number of hydrogen-bond acceptors (Lipinski definition) is 6. The highest BCUT2D eigenvalue weighted by Crippen LogP contribution is 2.37.